The molecule has 28 heavy (non-hydrogen) atoms. The summed E-state index contributed by atoms with van der Waals surface area (Å²) in [5.74, 6) is 4.19. The normalized spacial score (nSPS) is 11.5. The summed E-state index contributed by atoms with van der Waals surface area (Å²) in [7, 11) is 0. The topological polar surface area (TPSA) is 120 Å². The van der Waals surface area contributed by atoms with Crippen LogP contribution < -0.4 is 21.3 Å². The van der Waals surface area contributed by atoms with Gasteiger partial charge in [0.2, 0.25) is 0 Å². The maximum atomic E-state index is 12.6. The van der Waals surface area contributed by atoms with E-state index in [1.54, 1.807) is 38.1 Å². The van der Waals surface area contributed by atoms with Crippen molar-refractivity contribution in [3.8, 4) is 5.75 Å². The number of rotatable bonds is 7. The minimum Gasteiger partial charge on any atom is -0.481 e. The Morgan fingerprint density at radius 3 is 2.39 bits per heavy atom. The average Bonchev–Trinajstić information content (AvgIpc) is 2.95. The van der Waals surface area contributed by atoms with E-state index in [9.17, 15) is 14.4 Å². The largest absolute Gasteiger partial charge is 0.481 e. The van der Waals surface area contributed by atoms with Crippen LogP contribution in [0.1, 0.15) is 45.0 Å². The Labute approximate surface area is 167 Å². The third kappa shape index (κ3) is 4.87. The fraction of sp³-hybridized carbons (Fsp3) is 0.316. The van der Waals surface area contributed by atoms with Crippen LogP contribution in [-0.2, 0) is 9.53 Å². The summed E-state index contributed by atoms with van der Waals surface area (Å²) < 4.78 is 10.5. The fourth-order valence-electron chi connectivity index (χ4n) is 2.40. The standard InChI is InChI=1S/C19H23N3O5S/c1-5-26-19(25)15-10(2)12(4)28-18(15)21-17(24)13-6-8-14(9-7-13)27-11(3)16(23)22-20/h6-9,11H,5,20H2,1-4H3,(H,21,24)(H,22,23). The number of benzene rings is 1. The summed E-state index contributed by atoms with van der Waals surface area (Å²) >= 11 is 1.32. The summed E-state index contributed by atoms with van der Waals surface area (Å²) in [6.07, 6.45) is -0.770. The van der Waals surface area contributed by atoms with Gasteiger partial charge in [-0.05, 0) is 57.5 Å². The molecule has 2 amide bonds. The zero-order valence-corrected chi connectivity index (χ0v) is 16.9. The summed E-state index contributed by atoms with van der Waals surface area (Å²) in [5, 5.41) is 3.22. The van der Waals surface area contributed by atoms with Gasteiger partial charge in [0, 0.05) is 10.4 Å². The molecule has 2 aromatic rings. The number of thiophene rings is 1. The van der Waals surface area contributed by atoms with Gasteiger partial charge >= 0.3 is 5.97 Å². The van der Waals surface area contributed by atoms with E-state index in [4.69, 9.17) is 15.3 Å². The molecular weight excluding hydrogens is 382 g/mol. The lowest BCUT2D eigenvalue weighted by Crippen LogP contribution is -2.40. The van der Waals surface area contributed by atoms with Gasteiger partial charge in [-0.3, -0.25) is 15.0 Å². The first-order valence-corrected chi connectivity index (χ1v) is 9.45. The fourth-order valence-corrected chi connectivity index (χ4v) is 3.44. The van der Waals surface area contributed by atoms with Crippen LogP contribution in [0, 0.1) is 13.8 Å². The first kappa shape index (κ1) is 21.4. The number of aryl methyl sites for hydroxylation is 1. The van der Waals surface area contributed by atoms with E-state index >= 15 is 0 Å². The Bertz CT molecular complexity index is 876. The minimum atomic E-state index is -0.770. The molecule has 1 aromatic heterocycles. The Morgan fingerprint density at radius 2 is 1.82 bits per heavy atom. The molecule has 1 unspecified atom stereocenters. The van der Waals surface area contributed by atoms with Crippen molar-refractivity contribution in [3.63, 3.8) is 0 Å². The van der Waals surface area contributed by atoms with E-state index in [1.807, 2.05) is 19.3 Å². The SMILES string of the molecule is CCOC(=O)c1c(NC(=O)c2ccc(OC(C)C(=O)NN)cc2)sc(C)c1C. The molecule has 0 bridgehead atoms. The van der Waals surface area contributed by atoms with Gasteiger partial charge in [0.1, 0.15) is 10.8 Å². The number of nitrogens with two attached hydrogens (primary N) is 1. The molecule has 1 heterocycles. The first-order chi connectivity index (χ1) is 13.3. The summed E-state index contributed by atoms with van der Waals surface area (Å²) in [4.78, 5) is 37.1. The van der Waals surface area contributed by atoms with Crippen LogP contribution >= 0.6 is 11.3 Å². The predicted octanol–water partition coefficient (Wildman–Crippen LogP) is 2.55. The molecule has 0 saturated heterocycles. The van der Waals surface area contributed by atoms with E-state index in [1.165, 1.54) is 11.3 Å². The number of hydrogen-bond donors (Lipinski definition) is 3. The van der Waals surface area contributed by atoms with Gasteiger partial charge < -0.3 is 14.8 Å². The van der Waals surface area contributed by atoms with Gasteiger partial charge in [-0.15, -0.1) is 11.3 Å². The molecule has 4 N–H and O–H groups in total. The number of esters is 1. The third-order valence-electron chi connectivity index (χ3n) is 4.03. The quantitative estimate of drug-likeness (QED) is 0.282. The second-order valence-corrected chi connectivity index (χ2v) is 7.18. The van der Waals surface area contributed by atoms with Crippen LogP contribution in [0.15, 0.2) is 24.3 Å². The molecule has 0 spiro atoms. The number of carbonyl (C=O) groups excluding carboxylic acids is 3. The zero-order valence-electron chi connectivity index (χ0n) is 16.1. The second-order valence-electron chi connectivity index (χ2n) is 5.96. The van der Waals surface area contributed by atoms with E-state index in [-0.39, 0.29) is 12.5 Å². The molecule has 2 rings (SSSR count). The van der Waals surface area contributed by atoms with Crippen molar-refractivity contribution in [1.82, 2.24) is 5.43 Å². The van der Waals surface area contributed by atoms with Crippen molar-refractivity contribution in [2.75, 3.05) is 11.9 Å². The van der Waals surface area contributed by atoms with Crippen LogP contribution in [0.3, 0.4) is 0 Å². The molecule has 0 aliphatic heterocycles. The molecule has 8 nitrogen and oxygen atoms in total. The molecule has 0 fully saturated rings. The van der Waals surface area contributed by atoms with Crippen LogP contribution in [0.25, 0.3) is 0 Å². The molecule has 0 saturated carbocycles. The predicted molar refractivity (Wildman–Crippen MR) is 107 cm³/mol. The zero-order chi connectivity index (χ0) is 20.8. The molecule has 1 atom stereocenters. The lowest BCUT2D eigenvalue weighted by atomic mass is 10.1. The highest BCUT2D eigenvalue weighted by molar-refractivity contribution is 7.16. The van der Waals surface area contributed by atoms with E-state index in [0.29, 0.717) is 21.9 Å². The molecule has 1 aromatic carbocycles. The second kappa shape index (κ2) is 9.34. The summed E-state index contributed by atoms with van der Waals surface area (Å²) in [6, 6.07) is 6.28. The van der Waals surface area contributed by atoms with E-state index in [0.717, 1.165) is 10.4 Å². The number of amides is 2. The monoisotopic (exact) mass is 405 g/mol. The highest BCUT2D eigenvalue weighted by atomic mass is 32.1. The van der Waals surface area contributed by atoms with Crippen molar-refractivity contribution in [1.29, 1.82) is 0 Å². The number of carbonyl (C=O) groups is 3. The van der Waals surface area contributed by atoms with Gasteiger partial charge in [0.05, 0.1) is 12.2 Å². The Hall–Kier alpha value is -2.91. The Balaban J connectivity index is 2.14. The maximum absolute atomic E-state index is 12.6. The van der Waals surface area contributed by atoms with Crippen molar-refractivity contribution < 1.29 is 23.9 Å². The van der Waals surface area contributed by atoms with Gasteiger partial charge in [0.15, 0.2) is 6.10 Å². The van der Waals surface area contributed by atoms with Crippen molar-refractivity contribution in [3.05, 3.63) is 45.8 Å². The van der Waals surface area contributed by atoms with Gasteiger partial charge in [-0.25, -0.2) is 10.6 Å². The van der Waals surface area contributed by atoms with Gasteiger partial charge in [0.25, 0.3) is 11.8 Å². The van der Waals surface area contributed by atoms with Gasteiger partial charge in [-0.2, -0.15) is 0 Å². The van der Waals surface area contributed by atoms with Crippen LogP contribution in [0.4, 0.5) is 5.00 Å². The number of hydrazine groups is 1. The van der Waals surface area contributed by atoms with Gasteiger partial charge in [-0.1, -0.05) is 0 Å². The number of hydrogen-bond acceptors (Lipinski definition) is 7. The molecule has 0 radical (unpaired) electrons. The number of ether oxygens (including phenoxy) is 2. The third-order valence-corrected chi connectivity index (χ3v) is 5.16. The smallest absolute Gasteiger partial charge is 0.341 e. The molecule has 0 aliphatic rings. The maximum Gasteiger partial charge on any atom is 0.341 e. The minimum absolute atomic E-state index is 0.253. The summed E-state index contributed by atoms with van der Waals surface area (Å²) in [6.45, 7) is 7.23. The lowest BCUT2D eigenvalue weighted by Gasteiger charge is -2.13. The lowest BCUT2D eigenvalue weighted by molar-refractivity contribution is -0.127. The van der Waals surface area contributed by atoms with Crippen molar-refractivity contribution in [2.24, 2.45) is 5.84 Å². The number of nitrogens with one attached hydrogen (secondary N) is 2. The number of anilines is 1. The highest BCUT2D eigenvalue weighted by Gasteiger charge is 2.22. The molecule has 9 heteroatoms. The van der Waals surface area contributed by atoms with Crippen LogP contribution in [0.2, 0.25) is 0 Å². The van der Waals surface area contributed by atoms with E-state index in [2.05, 4.69) is 5.32 Å². The van der Waals surface area contributed by atoms with Crippen molar-refractivity contribution in [2.45, 2.75) is 33.8 Å². The molecule has 0 aliphatic carbocycles. The van der Waals surface area contributed by atoms with Crippen LogP contribution in [-0.4, -0.2) is 30.5 Å². The first-order valence-electron chi connectivity index (χ1n) is 8.64. The Morgan fingerprint density at radius 1 is 1.18 bits per heavy atom. The molecule has 150 valence electrons. The average molecular weight is 405 g/mol. The summed E-state index contributed by atoms with van der Waals surface area (Å²) in [5.41, 5.74) is 3.54. The molecular formula is C19H23N3O5S. The van der Waals surface area contributed by atoms with Crippen LogP contribution in [0.5, 0.6) is 5.75 Å². The Kier molecular flexibility index (Phi) is 7.13. The van der Waals surface area contributed by atoms with E-state index < -0.39 is 18.0 Å². The van der Waals surface area contributed by atoms with Crippen molar-refractivity contribution >= 4 is 34.1 Å². The highest BCUT2D eigenvalue weighted by Crippen LogP contribution is 2.33.